The maximum atomic E-state index is 5.80. The number of hydrogen-bond acceptors (Lipinski definition) is 6. The van der Waals surface area contributed by atoms with E-state index in [-0.39, 0.29) is 6.10 Å². The Balaban J connectivity index is 1.62. The Labute approximate surface area is 123 Å². The Kier molecular flexibility index (Phi) is 4.12. The summed E-state index contributed by atoms with van der Waals surface area (Å²) < 4.78 is 10.8. The van der Waals surface area contributed by atoms with Gasteiger partial charge >= 0.3 is 6.01 Å². The fourth-order valence-electron chi connectivity index (χ4n) is 2.40. The number of rotatable bonds is 4. The van der Waals surface area contributed by atoms with Gasteiger partial charge in [0.05, 0.1) is 13.7 Å². The third-order valence-electron chi connectivity index (χ3n) is 3.45. The standard InChI is InChI=1S/C14H19N5O2/c1-10-5-15-13(18-10)12-9-19(3-4-21-12)8-11-6-16-14(20-2)17-7-11/h5-7,12H,3-4,8-9H2,1-2H3,(H,15,18)/t12-/m0/s1. The van der Waals surface area contributed by atoms with Crippen LogP contribution in [0.25, 0.3) is 0 Å². The van der Waals surface area contributed by atoms with Crippen molar-refractivity contribution in [2.45, 2.75) is 19.6 Å². The number of ether oxygens (including phenoxy) is 2. The summed E-state index contributed by atoms with van der Waals surface area (Å²) in [4.78, 5) is 18.2. The maximum Gasteiger partial charge on any atom is 0.316 e. The van der Waals surface area contributed by atoms with Gasteiger partial charge in [0.25, 0.3) is 0 Å². The molecule has 0 saturated carbocycles. The number of nitrogens with zero attached hydrogens (tertiary/aromatic N) is 4. The Bertz CT molecular complexity index is 583. The van der Waals surface area contributed by atoms with E-state index >= 15 is 0 Å². The highest BCUT2D eigenvalue weighted by Gasteiger charge is 2.24. The number of morpholine rings is 1. The topological polar surface area (TPSA) is 76.2 Å². The van der Waals surface area contributed by atoms with Crippen LogP contribution in [-0.4, -0.2) is 51.6 Å². The van der Waals surface area contributed by atoms with E-state index in [2.05, 4.69) is 24.8 Å². The Morgan fingerprint density at radius 2 is 2.14 bits per heavy atom. The van der Waals surface area contributed by atoms with Crippen LogP contribution >= 0.6 is 0 Å². The molecule has 0 aliphatic carbocycles. The molecule has 0 amide bonds. The second-order valence-electron chi connectivity index (χ2n) is 5.12. The van der Waals surface area contributed by atoms with Gasteiger partial charge in [0, 0.05) is 49.5 Å². The van der Waals surface area contributed by atoms with E-state index in [4.69, 9.17) is 9.47 Å². The van der Waals surface area contributed by atoms with Crippen LogP contribution in [0.1, 0.15) is 23.2 Å². The molecule has 112 valence electrons. The van der Waals surface area contributed by atoms with Gasteiger partial charge in [-0.3, -0.25) is 4.90 Å². The molecular formula is C14H19N5O2. The summed E-state index contributed by atoms with van der Waals surface area (Å²) in [6.45, 7) is 5.18. The van der Waals surface area contributed by atoms with Crippen molar-refractivity contribution in [2.75, 3.05) is 26.8 Å². The van der Waals surface area contributed by atoms with Gasteiger partial charge in [-0.1, -0.05) is 0 Å². The lowest BCUT2D eigenvalue weighted by atomic mass is 10.2. The second-order valence-corrected chi connectivity index (χ2v) is 5.12. The molecular weight excluding hydrogens is 270 g/mol. The summed E-state index contributed by atoms with van der Waals surface area (Å²) in [7, 11) is 1.56. The number of nitrogens with one attached hydrogen (secondary N) is 1. The molecule has 0 unspecified atom stereocenters. The molecule has 0 spiro atoms. The maximum absolute atomic E-state index is 5.80. The van der Waals surface area contributed by atoms with Crippen molar-refractivity contribution in [3.8, 4) is 6.01 Å². The lowest BCUT2D eigenvalue weighted by Crippen LogP contribution is -2.38. The summed E-state index contributed by atoms with van der Waals surface area (Å²) in [6.07, 6.45) is 5.42. The average Bonchev–Trinajstić information content (AvgIpc) is 2.95. The lowest BCUT2D eigenvalue weighted by molar-refractivity contribution is -0.0369. The largest absolute Gasteiger partial charge is 0.467 e. The number of hydrogen-bond donors (Lipinski definition) is 1. The fourth-order valence-corrected chi connectivity index (χ4v) is 2.40. The number of imidazole rings is 1. The normalized spacial score (nSPS) is 19.6. The van der Waals surface area contributed by atoms with Crippen LogP contribution in [0, 0.1) is 6.92 Å². The third-order valence-corrected chi connectivity index (χ3v) is 3.45. The zero-order chi connectivity index (χ0) is 14.7. The third kappa shape index (κ3) is 3.37. The summed E-state index contributed by atoms with van der Waals surface area (Å²) in [6, 6.07) is 0.393. The van der Waals surface area contributed by atoms with Crippen LogP contribution in [0.5, 0.6) is 6.01 Å². The Hall–Kier alpha value is -1.99. The summed E-state index contributed by atoms with van der Waals surface area (Å²) in [5.74, 6) is 0.892. The minimum absolute atomic E-state index is 0.00776. The van der Waals surface area contributed by atoms with Crippen molar-refractivity contribution in [1.29, 1.82) is 0 Å². The van der Waals surface area contributed by atoms with Gasteiger partial charge in [-0.25, -0.2) is 15.0 Å². The molecule has 1 aliphatic rings. The van der Waals surface area contributed by atoms with E-state index < -0.39 is 0 Å². The van der Waals surface area contributed by atoms with Crippen molar-refractivity contribution in [2.24, 2.45) is 0 Å². The molecule has 2 aromatic heterocycles. The average molecular weight is 289 g/mol. The first-order valence-corrected chi connectivity index (χ1v) is 6.95. The van der Waals surface area contributed by atoms with Crippen molar-refractivity contribution >= 4 is 0 Å². The van der Waals surface area contributed by atoms with Crippen LogP contribution in [0.4, 0.5) is 0 Å². The van der Waals surface area contributed by atoms with E-state index in [1.165, 1.54) is 0 Å². The first kappa shape index (κ1) is 14.0. The lowest BCUT2D eigenvalue weighted by Gasteiger charge is -2.31. The molecule has 1 saturated heterocycles. The first-order chi connectivity index (χ1) is 10.2. The second kappa shape index (κ2) is 6.19. The Morgan fingerprint density at radius 1 is 1.33 bits per heavy atom. The molecule has 0 aromatic carbocycles. The predicted molar refractivity (Wildman–Crippen MR) is 75.9 cm³/mol. The van der Waals surface area contributed by atoms with Gasteiger partial charge in [-0.05, 0) is 6.92 Å². The van der Waals surface area contributed by atoms with Gasteiger partial charge in [0.15, 0.2) is 0 Å². The molecule has 3 heterocycles. The van der Waals surface area contributed by atoms with E-state index in [9.17, 15) is 0 Å². The predicted octanol–water partition coefficient (Wildman–Crippen LogP) is 1.09. The number of methoxy groups -OCH3 is 1. The minimum Gasteiger partial charge on any atom is -0.467 e. The molecule has 3 rings (SSSR count). The minimum atomic E-state index is -0.00776. The van der Waals surface area contributed by atoms with Crippen LogP contribution in [0.15, 0.2) is 18.6 Å². The zero-order valence-corrected chi connectivity index (χ0v) is 12.2. The molecule has 1 fully saturated rings. The molecule has 21 heavy (non-hydrogen) atoms. The monoisotopic (exact) mass is 289 g/mol. The number of aryl methyl sites for hydroxylation is 1. The molecule has 7 heteroatoms. The molecule has 7 nitrogen and oxygen atoms in total. The van der Waals surface area contributed by atoms with Gasteiger partial charge in [-0.2, -0.15) is 0 Å². The van der Waals surface area contributed by atoms with Gasteiger partial charge in [0.2, 0.25) is 0 Å². The molecule has 0 bridgehead atoms. The van der Waals surface area contributed by atoms with Crippen molar-refractivity contribution < 1.29 is 9.47 Å². The highest BCUT2D eigenvalue weighted by atomic mass is 16.5. The van der Waals surface area contributed by atoms with Crippen molar-refractivity contribution in [3.05, 3.63) is 35.7 Å². The molecule has 0 radical (unpaired) electrons. The molecule has 1 atom stereocenters. The molecule has 2 aromatic rings. The van der Waals surface area contributed by atoms with E-state index in [1.807, 2.05) is 13.1 Å². The van der Waals surface area contributed by atoms with Gasteiger partial charge in [0.1, 0.15) is 11.9 Å². The SMILES string of the molecule is COc1ncc(CN2CCO[C@H](c3ncc(C)[nH]3)C2)cn1. The van der Waals surface area contributed by atoms with Gasteiger partial charge < -0.3 is 14.5 Å². The summed E-state index contributed by atoms with van der Waals surface area (Å²) in [5, 5.41) is 0. The van der Waals surface area contributed by atoms with Crippen LogP contribution < -0.4 is 4.74 Å². The van der Waals surface area contributed by atoms with Crippen molar-refractivity contribution in [3.63, 3.8) is 0 Å². The smallest absolute Gasteiger partial charge is 0.316 e. The number of H-pyrrole nitrogens is 1. The summed E-state index contributed by atoms with van der Waals surface area (Å²) in [5.41, 5.74) is 2.11. The fraction of sp³-hybridized carbons (Fsp3) is 0.500. The van der Waals surface area contributed by atoms with Crippen LogP contribution in [-0.2, 0) is 11.3 Å². The van der Waals surface area contributed by atoms with Crippen molar-refractivity contribution in [1.82, 2.24) is 24.8 Å². The highest BCUT2D eigenvalue weighted by Crippen LogP contribution is 2.20. The molecule has 1 N–H and O–H groups in total. The Morgan fingerprint density at radius 3 is 2.81 bits per heavy atom. The quantitative estimate of drug-likeness (QED) is 0.908. The van der Waals surface area contributed by atoms with E-state index in [0.29, 0.717) is 12.6 Å². The molecule has 1 aliphatic heterocycles. The number of aromatic nitrogens is 4. The zero-order valence-electron chi connectivity index (χ0n) is 12.2. The highest BCUT2D eigenvalue weighted by molar-refractivity contribution is 5.08. The van der Waals surface area contributed by atoms with E-state index in [1.54, 1.807) is 19.5 Å². The summed E-state index contributed by atoms with van der Waals surface area (Å²) >= 11 is 0. The van der Waals surface area contributed by atoms with E-state index in [0.717, 1.165) is 36.7 Å². The van der Waals surface area contributed by atoms with Gasteiger partial charge in [-0.15, -0.1) is 0 Å². The van der Waals surface area contributed by atoms with Crippen LogP contribution in [0.2, 0.25) is 0 Å². The van der Waals surface area contributed by atoms with Crippen LogP contribution in [0.3, 0.4) is 0 Å². The number of aromatic amines is 1. The first-order valence-electron chi connectivity index (χ1n) is 6.95.